The van der Waals surface area contributed by atoms with Crippen molar-refractivity contribution in [1.29, 1.82) is 0 Å². The van der Waals surface area contributed by atoms with Crippen LogP contribution in [0.1, 0.15) is 119 Å². The van der Waals surface area contributed by atoms with Crippen molar-refractivity contribution in [2.24, 2.45) is 0 Å². The largest absolute Gasteiger partial charge is 0.507 e. The highest BCUT2D eigenvalue weighted by Crippen LogP contribution is 2.51. The van der Waals surface area contributed by atoms with Gasteiger partial charge < -0.3 is 14.6 Å². The molecule has 1 unspecified atom stereocenters. The molecular weight excluding hydrogens is 521 g/mol. The van der Waals surface area contributed by atoms with Crippen LogP contribution in [0.15, 0.2) is 34.1 Å². The Morgan fingerprint density at radius 2 is 1.00 bits per heavy atom. The molecule has 5 heteroatoms. The monoisotopic (exact) mass is 572 g/mol. The summed E-state index contributed by atoms with van der Waals surface area (Å²) in [4.78, 5) is 2.44. The number of rotatable bonds is 7. The molecule has 3 rings (SSSR count). The minimum Gasteiger partial charge on any atom is -0.507 e. The van der Waals surface area contributed by atoms with Crippen LogP contribution in [-0.4, -0.2) is 28.5 Å². The van der Waals surface area contributed by atoms with E-state index in [1.54, 1.807) is 0 Å². The number of hydrogen-bond acceptors (Lipinski definition) is 5. The van der Waals surface area contributed by atoms with Gasteiger partial charge in [0.1, 0.15) is 24.2 Å². The van der Waals surface area contributed by atoms with Crippen LogP contribution in [0.2, 0.25) is 0 Å². The summed E-state index contributed by atoms with van der Waals surface area (Å²) in [7, 11) is 0. The normalized spacial score (nSPS) is 16.9. The summed E-state index contributed by atoms with van der Waals surface area (Å²) in [6.07, 6.45) is 0.219. The Hall–Kier alpha value is -1.30. The van der Waals surface area contributed by atoms with Gasteiger partial charge in [0, 0.05) is 32.0 Å². The van der Waals surface area contributed by atoms with Gasteiger partial charge in [-0.1, -0.05) is 83.1 Å². The highest BCUT2D eigenvalue weighted by molar-refractivity contribution is 8.18. The van der Waals surface area contributed by atoms with E-state index in [2.05, 4.69) is 121 Å². The molecule has 0 saturated carbocycles. The third kappa shape index (κ3) is 8.36. The van der Waals surface area contributed by atoms with E-state index in [1.165, 1.54) is 20.9 Å². The fourth-order valence-electron chi connectivity index (χ4n) is 4.67. The Balaban J connectivity index is 2.04. The van der Waals surface area contributed by atoms with E-state index in [4.69, 9.17) is 9.47 Å². The summed E-state index contributed by atoms with van der Waals surface area (Å²) in [5, 5.41) is 11.2. The minimum atomic E-state index is -0.150. The van der Waals surface area contributed by atoms with Crippen molar-refractivity contribution in [2.45, 2.75) is 139 Å². The first-order valence-corrected chi connectivity index (χ1v) is 15.8. The van der Waals surface area contributed by atoms with Gasteiger partial charge in [-0.2, -0.15) is 0 Å². The molecule has 0 spiro atoms. The van der Waals surface area contributed by atoms with Crippen LogP contribution in [-0.2, 0) is 26.4 Å². The van der Waals surface area contributed by atoms with Crippen molar-refractivity contribution in [3.05, 3.63) is 46.5 Å². The molecule has 0 amide bonds. The number of aromatic hydroxyl groups is 1. The zero-order chi connectivity index (χ0) is 29.8. The van der Waals surface area contributed by atoms with Crippen LogP contribution in [0.5, 0.6) is 11.5 Å². The van der Waals surface area contributed by atoms with E-state index in [-0.39, 0.29) is 31.8 Å². The molecule has 2 aromatic carbocycles. The van der Waals surface area contributed by atoms with Crippen LogP contribution in [0.3, 0.4) is 0 Å². The fourth-order valence-corrected chi connectivity index (χ4v) is 7.26. The lowest BCUT2D eigenvalue weighted by Crippen LogP contribution is -2.21. The van der Waals surface area contributed by atoms with Crippen molar-refractivity contribution in [3.8, 4) is 11.5 Å². The molecular formula is C34H52O3S2. The molecule has 1 aliphatic rings. The summed E-state index contributed by atoms with van der Waals surface area (Å²) in [6, 6.07) is 9.05. The maximum Gasteiger partial charge on any atom is 0.126 e. The van der Waals surface area contributed by atoms with Gasteiger partial charge in [-0.3, -0.25) is 0 Å². The molecule has 1 saturated heterocycles. The molecule has 1 fully saturated rings. The van der Waals surface area contributed by atoms with E-state index in [0.29, 0.717) is 12.4 Å². The molecule has 1 heterocycles. The van der Waals surface area contributed by atoms with E-state index in [9.17, 15) is 5.11 Å². The van der Waals surface area contributed by atoms with Gasteiger partial charge in [-0.25, -0.2) is 0 Å². The highest BCUT2D eigenvalue weighted by atomic mass is 32.2. The van der Waals surface area contributed by atoms with Crippen LogP contribution in [0.4, 0.5) is 0 Å². The second-order valence-corrected chi connectivity index (χ2v) is 19.2. The van der Waals surface area contributed by atoms with E-state index < -0.39 is 0 Å². The van der Waals surface area contributed by atoms with Gasteiger partial charge >= 0.3 is 0 Å². The zero-order valence-corrected chi connectivity index (χ0v) is 28.5. The number of phenols is 1. The number of epoxide rings is 1. The van der Waals surface area contributed by atoms with Crippen LogP contribution in [0.25, 0.3) is 0 Å². The Morgan fingerprint density at radius 1 is 0.667 bits per heavy atom. The standard InChI is InChI=1S/C34H52O3S2/c1-30(2,3)24-15-22(16-25(28(24)35)31(4,5)6)38-34(13,14)39-23-17-26(32(7,8)9)29(37-20-21-19-36-21)27(18-23)33(10,11)12/h15-18,21,35H,19-20H2,1-14H3. The lowest BCUT2D eigenvalue weighted by atomic mass is 9.79. The SMILES string of the molecule is CC(C)(Sc1cc(C(C)(C)C)c(O)c(C(C)(C)C)c1)Sc1cc(C(C)(C)C)c(OCC2CO2)c(C(C)(C)C)c1. The summed E-state index contributed by atoms with van der Waals surface area (Å²) in [5.74, 6) is 1.45. The molecule has 2 aromatic rings. The van der Waals surface area contributed by atoms with Crippen LogP contribution in [0, 0.1) is 0 Å². The van der Waals surface area contributed by atoms with Crippen LogP contribution < -0.4 is 4.74 Å². The van der Waals surface area contributed by atoms with Crippen molar-refractivity contribution in [1.82, 2.24) is 0 Å². The highest BCUT2D eigenvalue weighted by Gasteiger charge is 2.33. The van der Waals surface area contributed by atoms with Gasteiger partial charge in [0.2, 0.25) is 0 Å². The first-order valence-electron chi connectivity index (χ1n) is 14.2. The van der Waals surface area contributed by atoms with Crippen molar-refractivity contribution in [2.75, 3.05) is 13.2 Å². The predicted octanol–water partition coefficient (Wildman–Crippen LogP) is 9.98. The van der Waals surface area contributed by atoms with Crippen molar-refractivity contribution < 1.29 is 14.6 Å². The molecule has 39 heavy (non-hydrogen) atoms. The number of ether oxygens (including phenoxy) is 2. The molecule has 0 aliphatic carbocycles. The Kier molecular flexibility index (Phi) is 8.95. The Labute approximate surface area is 247 Å². The molecule has 0 bridgehead atoms. The molecule has 0 aromatic heterocycles. The topological polar surface area (TPSA) is 42.0 Å². The quantitative estimate of drug-likeness (QED) is 0.203. The third-order valence-corrected chi connectivity index (χ3v) is 9.35. The molecule has 218 valence electrons. The maximum absolute atomic E-state index is 11.2. The van der Waals surface area contributed by atoms with Crippen molar-refractivity contribution in [3.63, 3.8) is 0 Å². The number of thioether (sulfide) groups is 2. The van der Waals surface area contributed by atoms with Gasteiger partial charge in [-0.05, 0) is 59.8 Å². The second kappa shape index (κ2) is 10.8. The summed E-state index contributed by atoms with van der Waals surface area (Å²) < 4.78 is 11.8. The molecule has 3 nitrogen and oxygen atoms in total. The third-order valence-electron chi connectivity index (χ3n) is 6.92. The predicted molar refractivity (Wildman–Crippen MR) is 170 cm³/mol. The molecule has 1 N–H and O–H groups in total. The van der Waals surface area contributed by atoms with E-state index in [0.717, 1.165) is 23.5 Å². The maximum atomic E-state index is 11.2. The lowest BCUT2D eigenvalue weighted by Gasteiger charge is -2.32. The summed E-state index contributed by atoms with van der Waals surface area (Å²) >= 11 is 3.77. The number of benzene rings is 2. The minimum absolute atomic E-state index is 0.0617. The Bertz CT molecular complexity index is 1110. The van der Waals surface area contributed by atoms with Crippen LogP contribution >= 0.6 is 23.5 Å². The molecule has 1 aliphatic heterocycles. The average molecular weight is 573 g/mol. The van der Waals surface area contributed by atoms with Gasteiger partial charge in [0.25, 0.3) is 0 Å². The van der Waals surface area contributed by atoms with E-state index >= 15 is 0 Å². The van der Waals surface area contributed by atoms with Gasteiger partial charge in [0.05, 0.1) is 10.7 Å². The summed E-state index contributed by atoms with van der Waals surface area (Å²) in [5.41, 5.74) is 4.07. The molecule has 0 radical (unpaired) electrons. The average Bonchev–Trinajstić information content (AvgIpc) is 3.54. The second-order valence-electron chi connectivity index (χ2n) is 15.6. The molecule has 1 atom stereocenters. The van der Waals surface area contributed by atoms with Crippen molar-refractivity contribution >= 4 is 23.5 Å². The first kappa shape index (κ1) is 32.2. The summed E-state index contributed by atoms with van der Waals surface area (Å²) in [6.45, 7) is 32.6. The zero-order valence-electron chi connectivity index (χ0n) is 26.9. The number of phenolic OH excluding ortho intramolecular Hbond substituents is 1. The smallest absolute Gasteiger partial charge is 0.126 e. The number of hydrogen-bond donors (Lipinski definition) is 1. The Morgan fingerprint density at radius 3 is 1.31 bits per heavy atom. The lowest BCUT2D eigenvalue weighted by molar-refractivity contribution is 0.253. The van der Waals surface area contributed by atoms with E-state index in [1.807, 2.05) is 23.5 Å². The fraction of sp³-hybridized carbons (Fsp3) is 0.647. The van der Waals surface area contributed by atoms with Gasteiger partial charge in [-0.15, -0.1) is 23.5 Å². The first-order chi connectivity index (χ1) is 17.5. The van der Waals surface area contributed by atoms with Gasteiger partial charge in [0.15, 0.2) is 0 Å².